The van der Waals surface area contributed by atoms with E-state index in [9.17, 15) is 0 Å². The Labute approximate surface area is 138 Å². The van der Waals surface area contributed by atoms with Gasteiger partial charge in [-0.3, -0.25) is 0 Å². The molecular formula is C21H37N. The summed E-state index contributed by atoms with van der Waals surface area (Å²) in [4.78, 5) is 0. The third-order valence-electron chi connectivity index (χ3n) is 8.41. The first-order valence-electron chi connectivity index (χ1n) is 10.3. The summed E-state index contributed by atoms with van der Waals surface area (Å²) >= 11 is 0. The molecule has 0 aromatic rings. The van der Waals surface area contributed by atoms with Gasteiger partial charge in [0.15, 0.2) is 0 Å². The maximum absolute atomic E-state index is 4.11. The Morgan fingerprint density at radius 1 is 0.727 bits per heavy atom. The molecule has 1 nitrogen and oxygen atoms in total. The molecule has 6 atom stereocenters. The van der Waals surface area contributed by atoms with Gasteiger partial charge in [-0.15, -0.1) is 0 Å². The van der Waals surface area contributed by atoms with Gasteiger partial charge in [0.2, 0.25) is 0 Å². The Balaban J connectivity index is 1.65. The molecule has 0 radical (unpaired) electrons. The molecule has 4 rings (SSSR count). The standard InChI is InChI=1S/C21H37N/c1-14-12-13-18-16-10-6-7-11-17(16)19(20(18)22-14)21(2,3)15-8-4-5-9-15/h14-20,22H,4-13H2,1-3H3. The number of piperidine rings is 1. The first kappa shape index (κ1) is 15.5. The van der Waals surface area contributed by atoms with E-state index >= 15 is 0 Å². The molecule has 0 amide bonds. The Hall–Kier alpha value is -0.0400. The van der Waals surface area contributed by atoms with Gasteiger partial charge in [-0.1, -0.05) is 39.5 Å². The smallest absolute Gasteiger partial charge is 0.0137 e. The topological polar surface area (TPSA) is 12.0 Å². The molecule has 3 aliphatic carbocycles. The van der Waals surface area contributed by atoms with Crippen LogP contribution >= 0.6 is 0 Å². The number of rotatable bonds is 2. The van der Waals surface area contributed by atoms with Gasteiger partial charge < -0.3 is 5.32 Å². The lowest BCUT2D eigenvalue weighted by Gasteiger charge is -2.46. The lowest BCUT2D eigenvalue weighted by molar-refractivity contribution is 0.0439. The van der Waals surface area contributed by atoms with Crippen LogP contribution in [0.5, 0.6) is 0 Å². The highest BCUT2D eigenvalue weighted by atomic mass is 15.0. The monoisotopic (exact) mass is 303 g/mol. The summed E-state index contributed by atoms with van der Waals surface area (Å²) in [6.45, 7) is 7.74. The molecular weight excluding hydrogens is 266 g/mol. The predicted octanol–water partition coefficient (Wildman–Crippen LogP) is 5.40. The highest BCUT2D eigenvalue weighted by molar-refractivity contribution is 5.09. The second-order valence-electron chi connectivity index (χ2n) is 9.78. The first-order chi connectivity index (χ1) is 10.6. The van der Waals surface area contributed by atoms with E-state index in [0.717, 1.165) is 41.7 Å². The molecule has 1 heterocycles. The van der Waals surface area contributed by atoms with Crippen molar-refractivity contribution in [3.63, 3.8) is 0 Å². The zero-order chi connectivity index (χ0) is 15.3. The van der Waals surface area contributed by atoms with Crippen molar-refractivity contribution in [2.75, 3.05) is 0 Å². The molecule has 1 heteroatoms. The van der Waals surface area contributed by atoms with E-state index in [1.807, 2.05) is 0 Å². The zero-order valence-corrected chi connectivity index (χ0v) is 15.1. The van der Waals surface area contributed by atoms with Gasteiger partial charge in [0.1, 0.15) is 0 Å². The van der Waals surface area contributed by atoms with Crippen molar-refractivity contribution >= 4 is 0 Å². The molecule has 0 aromatic carbocycles. The highest BCUT2D eigenvalue weighted by Gasteiger charge is 2.57. The van der Waals surface area contributed by atoms with Gasteiger partial charge >= 0.3 is 0 Å². The largest absolute Gasteiger partial charge is 0.311 e. The van der Waals surface area contributed by atoms with Crippen molar-refractivity contribution in [3.8, 4) is 0 Å². The van der Waals surface area contributed by atoms with Crippen LogP contribution < -0.4 is 5.32 Å². The summed E-state index contributed by atoms with van der Waals surface area (Å²) < 4.78 is 0. The van der Waals surface area contributed by atoms with Gasteiger partial charge in [0, 0.05) is 12.1 Å². The SMILES string of the molecule is CC1CCC2C3CCCCC3C(C(C)(C)C3CCCC3)C2N1. The van der Waals surface area contributed by atoms with Crippen LogP contribution in [0.25, 0.3) is 0 Å². The van der Waals surface area contributed by atoms with Crippen molar-refractivity contribution in [3.05, 3.63) is 0 Å². The number of fused-ring (bicyclic) bond motifs is 3. The van der Waals surface area contributed by atoms with Crippen molar-refractivity contribution < 1.29 is 0 Å². The average Bonchev–Trinajstić information content (AvgIpc) is 3.13. The maximum atomic E-state index is 4.11. The van der Waals surface area contributed by atoms with E-state index < -0.39 is 0 Å². The fourth-order valence-corrected chi connectivity index (χ4v) is 7.40. The van der Waals surface area contributed by atoms with Gasteiger partial charge in [-0.05, 0) is 80.5 Å². The van der Waals surface area contributed by atoms with E-state index in [4.69, 9.17) is 0 Å². The molecule has 1 saturated heterocycles. The van der Waals surface area contributed by atoms with Crippen LogP contribution in [0.1, 0.15) is 85.0 Å². The summed E-state index contributed by atoms with van der Waals surface area (Å²) in [5.41, 5.74) is 0.556. The lowest BCUT2D eigenvalue weighted by Crippen LogP contribution is -2.52. The van der Waals surface area contributed by atoms with Crippen LogP contribution in [0.2, 0.25) is 0 Å². The molecule has 1 aliphatic heterocycles. The Morgan fingerprint density at radius 3 is 2.09 bits per heavy atom. The minimum absolute atomic E-state index is 0.556. The van der Waals surface area contributed by atoms with Gasteiger partial charge in [0.25, 0.3) is 0 Å². The van der Waals surface area contributed by atoms with Crippen molar-refractivity contribution in [1.82, 2.24) is 5.32 Å². The maximum Gasteiger partial charge on any atom is 0.0137 e. The van der Waals surface area contributed by atoms with E-state index in [2.05, 4.69) is 26.1 Å². The van der Waals surface area contributed by atoms with Crippen LogP contribution in [0.4, 0.5) is 0 Å². The van der Waals surface area contributed by atoms with Crippen LogP contribution in [-0.2, 0) is 0 Å². The average molecular weight is 304 g/mol. The fraction of sp³-hybridized carbons (Fsp3) is 1.00. The highest BCUT2D eigenvalue weighted by Crippen LogP contribution is 2.60. The molecule has 126 valence electrons. The molecule has 4 fully saturated rings. The molecule has 0 spiro atoms. The van der Waals surface area contributed by atoms with E-state index in [1.54, 1.807) is 6.42 Å². The molecule has 0 bridgehead atoms. The van der Waals surface area contributed by atoms with Crippen LogP contribution in [0.15, 0.2) is 0 Å². The number of nitrogens with one attached hydrogen (secondary N) is 1. The van der Waals surface area contributed by atoms with Gasteiger partial charge in [0.05, 0.1) is 0 Å². The molecule has 0 aromatic heterocycles. The van der Waals surface area contributed by atoms with E-state index in [0.29, 0.717) is 5.41 Å². The van der Waals surface area contributed by atoms with Crippen molar-refractivity contribution in [1.29, 1.82) is 0 Å². The molecule has 3 saturated carbocycles. The quantitative estimate of drug-likeness (QED) is 0.720. The van der Waals surface area contributed by atoms with Crippen LogP contribution in [0.3, 0.4) is 0 Å². The van der Waals surface area contributed by atoms with Crippen molar-refractivity contribution in [2.45, 2.75) is 97.1 Å². The Kier molecular flexibility index (Phi) is 4.08. The third kappa shape index (κ3) is 2.38. The third-order valence-corrected chi connectivity index (χ3v) is 8.41. The Bertz CT molecular complexity index is 395. The minimum atomic E-state index is 0.556. The number of hydrogen-bond acceptors (Lipinski definition) is 1. The molecule has 6 unspecified atom stereocenters. The normalized spacial score (nSPS) is 46.5. The first-order valence-corrected chi connectivity index (χ1v) is 10.3. The summed E-state index contributed by atoms with van der Waals surface area (Å²) in [7, 11) is 0. The zero-order valence-electron chi connectivity index (χ0n) is 15.1. The van der Waals surface area contributed by atoms with Gasteiger partial charge in [-0.2, -0.15) is 0 Å². The van der Waals surface area contributed by atoms with E-state index in [1.165, 1.54) is 57.8 Å². The van der Waals surface area contributed by atoms with Crippen LogP contribution in [0, 0.1) is 35.0 Å². The predicted molar refractivity (Wildman–Crippen MR) is 93.8 cm³/mol. The van der Waals surface area contributed by atoms with Crippen LogP contribution in [-0.4, -0.2) is 12.1 Å². The second kappa shape index (κ2) is 5.80. The van der Waals surface area contributed by atoms with E-state index in [-0.39, 0.29) is 0 Å². The molecule has 1 N–H and O–H groups in total. The fourth-order valence-electron chi connectivity index (χ4n) is 7.40. The lowest BCUT2D eigenvalue weighted by atomic mass is 9.61. The molecule has 4 aliphatic rings. The van der Waals surface area contributed by atoms with Gasteiger partial charge in [-0.25, -0.2) is 0 Å². The van der Waals surface area contributed by atoms with Crippen molar-refractivity contribution in [2.24, 2.45) is 35.0 Å². The summed E-state index contributed by atoms with van der Waals surface area (Å²) in [6.07, 6.45) is 15.0. The summed E-state index contributed by atoms with van der Waals surface area (Å²) in [5, 5.41) is 4.11. The molecule has 22 heavy (non-hydrogen) atoms. The Morgan fingerprint density at radius 2 is 1.36 bits per heavy atom. The second-order valence-corrected chi connectivity index (χ2v) is 9.78. The minimum Gasteiger partial charge on any atom is -0.311 e. The number of hydrogen-bond donors (Lipinski definition) is 1. The summed E-state index contributed by atoms with van der Waals surface area (Å²) in [6, 6.07) is 1.59. The summed E-state index contributed by atoms with van der Waals surface area (Å²) in [5.74, 6) is 5.06.